The van der Waals surface area contributed by atoms with Crippen LogP contribution in [0.15, 0.2) is 0 Å². The average Bonchev–Trinajstić information content (AvgIpc) is 2.39. The van der Waals surface area contributed by atoms with Crippen LogP contribution in [0.25, 0.3) is 0 Å². The van der Waals surface area contributed by atoms with Gasteiger partial charge >= 0.3 is 16.4 Å². The summed E-state index contributed by atoms with van der Waals surface area (Å²) in [5, 5.41) is 2.44. The lowest BCUT2D eigenvalue weighted by molar-refractivity contribution is -0.145. The molecule has 1 saturated heterocycles. The SMILES string of the molecule is CC(C)(C)OC(=O)N[C@@H]1C(=O)N(S(=O)(=O)O)[C@H]1C1CCCCC1. The fourth-order valence-electron chi connectivity index (χ4n) is 3.27. The van der Waals surface area contributed by atoms with E-state index in [2.05, 4.69) is 5.32 Å². The highest BCUT2D eigenvalue weighted by Gasteiger charge is 2.57. The standard InChI is InChI=1S/C14H24N2O6S/c1-14(2,3)22-13(18)15-10-11(9-7-5-4-6-8-9)16(12(10)17)23(19,20)21/h9-11H,4-8H2,1-3H3,(H,15,18)(H,19,20,21)/t10-,11-/m0/s1. The Labute approximate surface area is 136 Å². The lowest BCUT2D eigenvalue weighted by Crippen LogP contribution is -2.74. The molecule has 0 spiro atoms. The maximum Gasteiger partial charge on any atom is 0.408 e. The molecule has 8 nitrogen and oxygen atoms in total. The molecule has 2 amide bonds. The Morgan fingerprint density at radius 1 is 1.26 bits per heavy atom. The molecule has 2 aliphatic rings. The van der Waals surface area contributed by atoms with Crippen LogP contribution >= 0.6 is 0 Å². The highest BCUT2D eigenvalue weighted by molar-refractivity contribution is 7.84. The first-order valence-electron chi connectivity index (χ1n) is 7.81. The molecule has 23 heavy (non-hydrogen) atoms. The van der Waals surface area contributed by atoms with Gasteiger partial charge in [-0.1, -0.05) is 19.3 Å². The van der Waals surface area contributed by atoms with Gasteiger partial charge in [-0.3, -0.25) is 9.35 Å². The highest BCUT2D eigenvalue weighted by atomic mass is 32.2. The predicted molar refractivity (Wildman–Crippen MR) is 81.9 cm³/mol. The first-order valence-corrected chi connectivity index (χ1v) is 9.20. The van der Waals surface area contributed by atoms with Gasteiger partial charge in [-0.25, -0.2) is 9.10 Å². The van der Waals surface area contributed by atoms with Crippen LogP contribution in [-0.2, 0) is 19.8 Å². The van der Waals surface area contributed by atoms with Crippen molar-refractivity contribution in [3.63, 3.8) is 0 Å². The van der Waals surface area contributed by atoms with Crippen molar-refractivity contribution in [1.29, 1.82) is 0 Å². The third-order valence-electron chi connectivity index (χ3n) is 4.15. The number of carbonyl (C=O) groups is 2. The van der Waals surface area contributed by atoms with Crippen molar-refractivity contribution in [1.82, 2.24) is 9.62 Å². The van der Waals surface area contributed by atoms with Gasteiger partial charge in [-0.15, -0.1) is 0 Å². The largest absolute Gasteiger partial charge is 0.444 e. The molecule has 1 aliphatic heterocycles. The number of rotatable bonds is 3. The van der Waals surface area contributed by atoms with Gasteiger partial charge in [0.1, 0.15) is 11.6 Å². The summed E-state index contributed by atoms with van der Waals surface area (Å²) in [6.07, 6.45) is 3.69. The Morgan fingerprint density at radius 3 is 2.30 bits per heavy atom. The Bertz CT molecular complexity index is 577. The monoisotopic (exact) mass is 348 g/mol. The topological polar surface area (TPSA) is 113 Å². The van der Waals surface area contributed by atoms with Gasteiger partial charge in [0, 0.05) is 0 Å². The fraction of sp³-hybridized carbons (Fsp3) is 0.857. The summed E-state index contributed by atoms with van der Waals surface area (Å²) in [4.78, 5) is 24.0. The zero-order valence-corrected chi connectivity index (χ0v) is 14.4. The number of amides is 2. The molecular weight excluding hydrogens is 324 g/mol. The van der Waals surface area contributed by atoms with Crippen LogP contribution < -0.4 is 5.32 Å². The van der Waals surface area contributed by atoms with Crippen LogP contribution in [0.5, 0.6) is 0 Å². The quantitative estimate of drug-likeness (QED) is 0.590. The lowest BCUT2D eigenvalue weighted by atomic mass is 9.77. The van der Waals surface area contributed by atoms with Gasteiger partial charge in [0.25, 0.3) is 5.91 Å². The second kappa shape index (κ2) is 6.27. The fourth-order valence-corrected chi connectivity index (χ4v) is 4.21. The smallest absolute Gasteiger partial charge is 0.408 e. The minimum Gasteiger partial charge on any atom is -0.444 e. The number of hydrogen-bond donors (Lipinski definition) is 2. The summed E-state index contributed by atoms with van der Waals surface area (Å²) in [5.74, 6) is -0.891. The van der Waals surface area contributed by atoms with E-state index in [1.54, 1.807) is 20.8 Å². The van der Waals surface area contributed by atoms with Gasteiger partial charge in [-0.2, -0.15) is 8.42 Å². The molecule has 2 N–H and O–H groups in total. The van der Waals surface area contributed by atoms with Crippen LogP contribution in [0, 0.1) is 5.92 Å². The Morgan fingerprint density at radius 2 is 1.83 bits per heavy atom. The zero-order valence-electron chi connectivity index (χ0n) is 13.6. The van der Waals surface area contributed by atoms with Crippen LogP contribution in [-0.4, -0.2) is 47.0 Å². The van der Waals surface area contributed by atoms with E-state index in [0.29, 0.717) is 4.31 Å². The Hall–Kier alpha value is -1.35. The lowest BCUT2D eigenvalue weighted by Gasteiger charge is -2.48. The molecular formula is C14H24N2O6S. The molecule has 1 aliphatic carbocycles. The second-order valence-corrected chi connectivity index (χ2v) is 8.41. The van der Waals surface area contributed by atoms with E-state index < -0.39 is 40.0 Å². The third-order valence-corrected chi connectivity index (χ3v) is 5.07. The summed E-state index contributed by atoms with van der Waals surface area (Å²) >= 11 is 0. The van der Waals surface area contributed by atoms with E-state index in [9.17, 15) is 22.6 Å². The maximum atomic E-state index is 12.1. The molecule has 0 unspecified atom stereocenters. The highest BCUT2D eigenvalue weighted by Crippen LogP contribution is 2.37. The number of carbonyl (C=O) groups excluding carboxylic acids is 2. The maximum absolute atomic E-state index is 12.1. The molecule has 132 valence electrons. The number of alkyl carbamates (subject to hydrolysis) is 1. The molecule has 0 aromatic rings. The summed E-state index contributed by atoms with van der Waals surface area (Å²) in [6, 6.07) is -1.72. The van der Waals surface area contributed by atoms with E-state index >= 15 is 0 Å². The second-order valence-electron chi connectivity index (χ2n) is 7.12. The van der Waals surface area contributed by atoms with Crippen molar-refractivity contribution in [2.45, 2.75) is 70.6 Å². The molecule has 0 aromatic heterocycles. The zero-order chi connectivity index (χ0) is 17.4. The predicted octanol–water partition coefficient (Wildman–Crippen LogP) is 1.47. The molecule has 2 fully saturated rings. The number of nitrogens with zero attached hydrogens (tertiary/aromatic N) is 1. The first kappa shape index (κ1) is 18.0. The Balaban J connectivity index is 2.13. The Kier molecular flexibility index (Phi) is 4.91. The molecule has 1 saturated carbocycles. The number of ether oxygens (including phenoxy) is 1. The van der Waals surface area contributed by atoms with Crippen LogP contribution in [0.1, 0.15) is 52.9 Å². The van der Waals surface area contributed by atoms with Crippen molar-refractivity contribution in [2.24, 2.45) is 5.92 Å². The summed E-state index contributed by atoms with van der Waals surface area (Å²) in [6.45, 7) is 5.08. The summed E-state index contributed by atoms with van der Waals surface area (Å²) < 4.78 is 37.8. The number of hydrogen-bond acceptors (Lipinski definition) is 5. The first-order chi connectivity index (χ1) is 10.5. The van der Waals surface area contributed by atoms with Crippen molar-refractivity contribution in [3.8, 4) is 0 Å². The van der Waals surface area contributed by atoms with E-state index in [4.69, 9.17) is 4.74 Å². The van der Waals surface area contributed by atoms with Crippen LogP contribution in [0.2, 0.25) is 0 Å². The minimum atomic E-state index is -4.63. The third kappa shape index (κ3) is 4.14. The normalized spacial score (nSPS) is 26.6. The summed E-state index contributed by atoms with van der Waals surface area (Å²) in [7, 11) is -4.63. The molecule has 9 heteroatoms. The van der Waals surface area contributed by atoms with Crippen molar-refractivity contribution < 1.29 is 27.3 Å². The molecule has 0 radical (unpaired) electrons. The summed E-state index contributed by atoms with van der Waals surface area (Å²) in [5.41, 5.74) is -0.722. The molecule has 0 bridgehead atoms. The van der Waals surface area contributed by atoms with E-state index in [1.165, 1.54) is 0 Å². The van der Waals surface area contributed by atoms with E-state index in [0.717, 1.165) is 32.1 Å². The average molecular weight is 348 g/mol. The van der Waals surface area contributed by atoms with Gasteiger partial charge in [0.05, 0.1) is 6.04 Å². The van der Waals surface area contributed by atoms with Crippen molar-refractivity contribution in [3.05, 3.63) is 0 Å². The van der Waals surface area contributed by atoms with Crippen molar-refractivity contribution in [2.75, 3.05) is 0 Å². The van der Waals surface area contributed by atoms with Gasteiger partial charge in [0.2, 0.25) is 0 Å². The molecule has 1 heterocycles. The van der Waals surface area contributed by atoms with Crippen LogP contribution in [0.4, 0.5) is 4.79 Å². The van der Waals surface area contributed by atoms with Gasteiger partial charge in [0.15, 0.2) is 0 Å². The van der Waals surface area contributed by atoms with Gasteiger partial charge < -0.3 is 10.1 Å². The molecule has 0 aromatic carbocycles. The van der Waals surface area contributed by atoms with E-state index in [1.807, 2.05) is 0 Å². The number of β-lactam (4-membered cyclic amide) rings is 1. The van der Waals surface area contributed by atoms with E-state index in [-0.39, 0.29) is 5.92 Å². The van der Waals surface area contributed by atoms with Crippen LogP contribution in [0.3, 0.4) is 0 Å². The van der Waals surface area contributed by atoms with Crippen molar-refractivity contribution >= 4 is 22.3 Å². The molecule has 2 atom stereocenters. The number of nitrogens with one attached hydrogen (secondary N) is 1. The molecule has 2 rings (SSSR count). The minimum absolute atomic E-state index is 0.0664. The van der Waals surface area contributed by atoms with Gasteiger partial charge in [-0.05, 0) is 39.5 Å².